The van der Waals surface area contributed by atoms with E-state index in [-0.39, 0.29) is 5.92 Å². The third kappa shape index (κ3) is 3.57. The summed E-state index contributed by atoms with van der Waals surface area (Å²) < 4.78 is 0. The maximum atomic E-state index is 12.5. The van der Waals surface area contributed by atoms with Gasteiger partial charge in [0.25, 0.3) is 0 Å². The summed E-state index contributed by atoms with van der Waals surface area (Å²) >= 11 is 0. The van der Waals surface area contributed by atoms with E-state index in [1.807, 2.05) is 30.3 Å². The topological polar surface area (TPSA) is 17.1 Å². The summed E-state index contributed by atoms with van der Waals surface area (Å²) in [6.07, 6.45) is 2.42. The average molecular weight is 266 g/mol. The summed E-state index contributed by atoms with van der Waals surface area (Å²) in [5, 5.41) is 0. The van der Waals surface area contributed by atoms with Crippen LogP contribution in [0.15, 0.2) is 54.6 Å². The first kappa shape index (κ1) is 14.5. The molecule has 1 unspecified atom stereocenters. The normalized spacial score (nSPS) is 12.1. The van der Waals surface area contributed by atoms with Crippen LogP contribution in [0.4, 0.5) is 0 Å². The Morgan fingerprint density at radius 3 is 2.05 bits per heavy atom. The zero-order valence-corrected chi connectivity index (χ0v) is 12.3. The van der Waals surface area contributed by atoms with Crippen molar-refractivity contribution >= 4 is 5.78 Å². The van der Waals surface area contributed by atoms with E-state index in [4.69, 9.17) is 0 Å². The Morgan fingerprint density at radius 1 is 0.900 bits per heavy atom. The molecule has 104 valence electrons. The molecular weight excluding hydrogens is 244 g/mol. The van der Waals surface area contributed by atoms with Crippen molar-refractivity contribution in [2.75, 3.05) is 0 Å². The molecule has 0 heterocycles. The van der Waals surface area contributed by atoms with Gasteiger partial charge in [0.15, 0.2) is 0 Å². The minimum Gasteiger partial charge on any atom is -0.299 e. The predicted octanol–water partition coefficient (Wildman–Crippen LogP) is 4.55. The Labute approximate surface area is 121 Å². The van der Waals surface area contributed by atoms with Crippen LogP contribution in [0.25, 0.3) is 0 Å². The van der Waals surface area contributed by atoms with Crippen LogP contribution >= 0.6 is 0 Å². The first-order chi connectivity index (χ1) is 9.74. The molecule has 0 aromatic heterocycles. The number of ketones is 1. The van der Waals surface area contributed by atoms with Crippen LogP contribution in [-0.4, -0.2) is 5.78 Å². The van der Waals surface area contributed by atoms with Crippen molar-refractivity contribution < 1.29 is 4.79 Å². The molecule has 0 N–H and O–H groups in total. The Morgan fingerprint density at radius 2 is 1.50 bits per heavy atom. The van der Waals surface area contributed by atoms with E-state index < -0.39 is 0 Å². The largest absolute Gasteiger partial charge is 0.299 e. The average Bonchev–Trinajstić information content (AvgIpc) is 2.50. The maximum absolute atomic E-state index is 12.5. The maximum Gasteiger partial charge on any atom is 0.144 e. The summed E-state index contributed by atoms with van der Waals surface area (Å²) in [6, 6.07) is 18.5. The monoisotopic (exact) mass is 266 g/mol. The van der Waals surface area contributed by atoms with Crippen molar-refractivity contribution in [2.24, 2.45) is 0 Å². The predicted molar refractivity (Wildman–Crippen MR) is 84.0 cm³/mol. The third-order valence-electron chi connectivity index (χ3n) is 3.81. The number of Topliss-reactive ketones (excluding diaryl/α,β-unsaturated/α-hetero) is 1. The molecule has 20 heavy (non-hydrogen) atoms. The summed E-state index contributed by atoms with van der Waals surface area (Å²) in [4.78, 5) is 12.5. The Bertz CT molecular complexity index is 540. The first-order valence-electron chi connectivity index (χ1n) is 7.40. The van der Waals surface area contributed by atoms with Gasteiger partial charge in [-0.1, -0.05) is 68.4 Å². The molecule has 1 heteroatoms. The number of rotatable bonds is 6. The fourth-order valence-corrected chi connectivity index (χ4v) is 2.55. The van der Waals surface area contributed by atoms with Crippen LogP contribution in [-0.2, 0) is 17.6 Å². The smallest absolute Gasteiger partial charge is 0.144 e. The van der Waals surface area contributed by atoms with Crippen LogP contribution in [0.5, 0.6) is 0 Å². The summed E-state index contributed by atoms with van der Waals surface area (Å²) in [6.45, 7) is 4.22. The van der Waals surface area contributed by atoms with E-state index in [0.29, 0.717) is 12.2 Å². The number of aryl methyl sites for hydroxylation is 1. The van der Waals surface area contributed by atoms with Gasteiger partial charge in [0.05, 0.1) is 0 Å². The molecule has 1 atom stereocenters. The lowest BCUT2D eigenvalue weighted by Gasteiger charge is -2.14. The SMILES string of the molecule is CCc1ccc(CC(=O)C(CC)c2ccccc2)cc1. The van der Waals surface area contributed by atoms with E-state index in [0.717, 1.165) is 24.0 Å². The van der Waals surface area contributed by atoms with E-state index in [1.165, 1.54) is 5.56 Å². The minimum absolute atomic E-state index is 0.0158. The molecule has 0 saturated heterocycles. The lowest BCUT2D eigenvalue weighted by molar-refractivity contribution is -0.119. The van der Waals surface area contributed by atoms with Gasteiger partial charge in [-0.25, -0.2) is 0 Å². The highest BCUT2D eigenvalue weighted by Crippen LogP contribution is 2.22. The summed E-state index contributed by atoms with van der Waals surface area (Å²) in [5.74, 6) is 0.324. The van der Waals surface area contributed by atoms with Crippen molar-refractivity contribution in [2.45, 2.75) is 39.0 Å². The minimum atomic E-state index is 0.0158. The molecule has 0 aliphatic rings. The molecule has 2 aromatic rings. The van der Waals surface area contributed by atoms with Crippen molar-refractivity contribution in [1.82, 2.24) is 0 Å². The first-order valence-corrected chi connectivity index (χ1v) is 7.40. The molecule has 0 bridgehead atoms. The second-order valence-electron chi connectivity index (χ2n) is 5.18. The molecule has 0 radical (unpaired) electrons. The second-order valence-corrected chi connectivity index (χ2v) is 5.18. The molecule has 0 amide bonds. The van der Waals surface area contributed by atoms with E-state index >= 15 is 0 Å². The van der Waals surface area contributed by atoms with E-state index in [1.54, 1.807) is 0 Å². The Kier molecular flexibility index (Phi) is 5.11. The quantitative estimate of drug-likeness (QED) is 0.749. The van der Waals surface area contributed by atoms with Gasteiger partial charge in [0.1, 0.15) is 5.78 Å². The van der Waals surface area contributed by atoms with Crippen molar-refractivity contribution in [3.05, 3.63) is 71.3 Å². The highest BCUT2D eigenvalue weighted by Gasteiger charge is 2.18. The van der Waals surface area contributed by atoms with Crippen molar-refractivity contribution in [3.63, 3.8) is 0 Å². The summed E-state index contributed by atoms with van der Waals surface area (Å²) in [5.41, 5.74) is 3.56. The Balaban J connectivity index is 2.09. The molecule has 0 fully saturated rings. The van der Waals surface area contributed by atoms with Gasteiger partial charge in [-0.2, -0.15) is 0 Å². The lowest BCUT2D eigenvalue weighted by atomic mass is 9.89. The van der Waals surface area contributed by atoms with E-state index in [9.17, 15) is 4.79 Å². The lowest BCUT2D eigenvalue weighted by Crippen LogP contribution is -2.14. The van der Waals surface area contributed by atoms with Gasteiger partial charge in [0.2, 0.25) is 0 Å². The number of carbonyl (C=O) groups excluding carboxylic acids is 1. The molecule has 0 aliphatic carbocycles. The van der Waals surface area contributed by atoms with Crippen LogP contribution in [0.3, 0.4) is 0 Å². The molecular formula is C19H22O. The zero-order valence-electron chi connectivity index (χ0n) is 12.3. The van der Waals surface area contributed by atoms with Crippen molar-refractivity contribution in [1.29, 1.82) is 0 Å². The zero-order chi connectivity index (χ0) is 14.4. The van der Waals surface area contributed by atoms with Gasteiger partial charge >= 0.3 is 0 Å². The molecule has 0 aliphatic heterocycles. The van der Waals surface area contributed by atoms with Gasteiger partial charge in [-0.3, -0.25) is 4.79 Å². The molecule has 2 rings (SSSR count). The van der Waals surface area contributed by atoms with Crippen LogP contribution in [0.1, 0.15) is 42.9 Å². The number of hydrogen-bond donors (Lipinski definition) is 0. The number of carbonyl (C=O) groups is 1. The number of benzene rings is 2. The highest BCUT2D eigenvalue weighted by molar-refractivity contribution is 5.87. The molecule has 1 nitrogen and oxygen atoms in total. The standard InChI is InChI=1S/C19H22O/c1-3-15-10-12-16(13-11-15)14-19(20)18(4-2)17-8-6-5-7-9-17/h5-13,18H,3-4,14H2,1-2H3. The van der Waals surface area contributed by atoms with Gasteiger partial charge < -0.3 is 0 Å². The molecule has 2 aromatic carbocycles. The molecule has 0 saturated carbocycles. The fraction of sp³-hybridized carbons (Fsp3) is 0.316. The fourth-order valence-electron chi connectivity index (χ4n) is 2.55. The van der Waals surface area contributed by atoms with Gasteiger partial charge in [-0.15, -0.1) is 0 Å². The number of hydrogen-bond acceptors (Lipinski definition) is 1. The van der Waals surface area contributed by atoms with Crippen LogP contribution in [0, 0.1) is 0 Å². The second kappa shape index (κ2) is 7.04. The van der Waals surface area contributed by atoms with Crippen molar-refractivity contribution in [3.8, 4) is 0 Å². The van der Waals surface area contributed by atoms with Crippen LogP contribution < -0.4 is 0 Å². The van der Waals surface area contributed by atoms with Crippen LogP contribution in [0.2, 0.25) is 0 Å². The highest BCUT2D eigenvalue weighted by atomic mass is 16.1. The molecule has 0 spiro atoms. The van der Waals surface area contributed by atoms with Gasteiger partial charge in [-0.05, 0) is 29.5 Å². The summed E-state index contributed by atoms with van der Waals surface area (Å²) in [7, 11) is 0. The van der Waals surface area contributed by atoms with E-state index in [2.05, 4.69) is 38.1 Å². The van der Waals surface area contributed by atoms with Gasteiger partial charge in [0, 0.05) is 12.3 Å². The third-order valence-corrected chi connectivity index (χ3v) is 3.81. The Hall–Kier alpha value is -1.89.